The lowest BCUT2D eigenvalue weighted by molar-refractivity contribution is -0.161. The quantitative estimate of drug-likeness (QED) is 0.0146. The Labute approximate surface area is 562 Å². The molecule has 6 unspecified atom stereocenters. The summed E-state index contributed by atoms with van der Waals surface area (Å²) in [5.74, 6) is -4.92. The van der Waals surface area contributed by atoms with Gasteiger partial charge in [0.25, 0.3) is 0 Å². The molecular weight excluding hydrogens is 1270 g/mol. The van der Waals surface area contributed by atoms with Crippen molar-refractivity contribution in [3.05, 3.63) is 75.9 Å². The average Bonchev–Trinajstić information content (AvgIpc) is 0.803. The molecule has 0 aromatic heterocycles. The number of ether oxygens (including phenoxy) is 12. The van der Waals surface area contributed by atoms with E-state index in [4.69, 9.17) is 61.0 Å². The fourth-order valence-corrected chi connectivity index (χ4v) is 20.7. The molecule has 2 saturated carbocycles. The van der Waals surface area contributed by atoms with Gasteiger partial charge in [-0.1, -0.05) is 67.2 Å². The van der Waals surface area contributed by atoms with Gasteiger partial charge < -0.3 is 82.2 Å². The van der Waals surface area contributed by atoms with E-state index in [1.54, 1.807) is 13.8 Å². The third kappa shape index (κ3) is 34.2. The molecule has 2 rings (SSSR count). The first-order valence-electron chi connectivity index (χ1n) is 31.7. The van der Waals surface area contributed by atoms with Crippen molar-refractivity contribution in [2.24, 2.45) is 21.7 Å². The molecular formula is C66H106N4O23Si2. The molecule has 0 radical (unpaired) electrons. The monoisotopic (exact) mass is 1380 g/mol. The van der Waals surface area contributed by atoms with Crippen molar-refractivity contribution in [3.63, 3.8) is 0 Å². The molecule has 2 aliphatic carbocycles. The number of hydrogen-bond donors (Lipinski definition) is 4. The number of alkyl carbamates (subject to hydrolysis) is 4. The number of hydrogen-bond acceptors (Lipinski definition) is 23. The smallest absolute Gasteiger partial charge is 0.407 e. The summed E-state index contributed by atoms with van der Waals surface area (Å²) >= 11 is 0. The van der Waals surface area contributed by atoms with Crippen molar-refractivity contribution in [1.82, 2.24) is 21.3 Å². The van der Waals surface area contributed by atoms with Crippen LogP contribution in [0.2, 0.25) is 38.3 Å². The molecule has 29 heteroatoms. The maximum atomic E-state index is 13.5. The zero-order chi connectivity index (χ0) is 71.9. The van der Waals surface area contributed by atoms with Crippen LogP contribution in [-0.2, 0) is 89.7 Å². The van der Waals surface area contributed by atoms with Crippen LogP contribution in [0, 0.1) is 21.7 Å². The number of amides is 4. The minimum absolute atomic E-state index is 0.166. The summed E-state index contributed by atoms with van der Waals surface area (Å²) < 4.78 is 72.7. The Morgan fingerprint density at radius 3 is 1.04 bits per heavy atom. The van der Waals surface area contributed by atoms with Crippen LogP contribution in [0.1, 0.15) is 107 Å². The summed E-state index contributed by atoms with van der Waals surface area (Å²) in [6.45, 7) is 41.5. The second-order valence-electron chi connectivity index (χ2n) is 28.0. The van der Waals surface area contributed by atoms with Gasteiger partial charge in [0.2, 0.25) is 0 Å². The van der Waals surface area contributed by atoms with E-state index in [1.165, 1.54) is 0 Å². The molecule has 27 nitrogen and oxygen atoms in total. The standard InChI is InChI=1S/C66H106N4O23Si2/c1-19-51(71)83-39-65(40-84-52(72)20-2,41-85-53(73)21-3)45-89-57(77)67-49-31-61(9,10)38-64(14,33-49)70-60(80)92-48(8)36-82-28-26-30-95(17,18)93-94(15,16)29-25-27-81-35-47(7)91-58(78)68-50-32-62(11,12)37-63(13,34-50)69-59(79)90-46-66(42-86-54(74)22-4,43-87-55(75)23-5)44-88-56(76)24-6/h19-24,47-50H,1-6,25-46H2,7-18H3,(H,67,77)(H,68,78)(H,69,79)(H,70,80). The molecule has 2 aliphatic rings. The van der Waals surface area contributed by atoms with Crippen LogP contribution < -0.4 is 21.3 Å². The highest BCUT2D eigenvalue weighted by Crippen LogP contribution is 2.43. The molecule has 0 spiro atoms. The number of carbonyl (C=O) groups excluding carboxylic acids is 10. The summed E-state index contributed by atoms with van der Waals surface area (Å²) in [6.07, 6.45) is 5.65. The van der Waals surface area contributed by atoms with E-state index in [0.717, 1.165) is 61.4 Å². The maximum Gasteiger partial charge on any atom is 0.407 e. The molecule has 536 valence electrons. The molecule has 0 saturated heterocycles. The van der Waals surface area contributed by atoms with Crippen LogP contribution in [-0.4, -0.2) is 191 Å². The minimum atomic E-state index is -2.11. The maximum absolute atomic E-state index is 13.5. The van der Waals surface area contributed by atoms with E-state index in [0.29, 0.717) is 51.7 Å². The van der Waals surface area contributed by atoms with Crippen LogP contribution in [0.3, 0.4) is 0 Å². The van der Waals surface area contributed by atoms with Crippen LogP contribution in [0.4, 0.5) is 19.2 Å². The van der Waals surface area contributed by atoms with Crippen molar-refractivity contribution in [2.75, 3.05) is 79.3 Å². The Morgan fingerprint density at radius 2 is 0.716 bits per heavy atom. The first-order chi connectivity index (χ1) is 44.2. The fourth-order valence-electron chi connectivity index (χ4n) is 11.9. The van der Waals surface area contributed by atoms with Gasteiger partial charge >= 0.3 is 60.2 Å². The lowest BCUT2D eigenvalue weighted by atomic mass is 9.67. The molecule has 95 heavy (non-hydrogen) atoms. The first kappa shape index (κ1) is 83.7. The lowest BCUT2D eigenvalue weighted by Gasteiger charge is -2.46. The van der Waals surface area contributed by atoms with E-state index in [1.807, 2.05) is 41.5 Å². The van der Waals surface area contributed by atoms with E-state index < -0.39 is 176 Å². The minimum Gasteiger partial charge on any atom is -0.462 e. The summed E-state index contributed by atoms with van der Waals surface area (Å²) in [7, 11) is -4.22. The van der Waals surface area contributed by atoms with E-state index in [2.05, 4.69) is 86.9 Å². The van der Waals surface area contributed by atoms with Gasteiger partial charge in [0.1, 0.15) is 75.9 Å². The normalized spacial score (nSPS) is 19.7. The summed E-state index contributed by atoms with van der Waals surface area (Å²) in [6, 6.07) is 0.818. The van der Waals surface area contributed by atoms with E-state index in [-0.39, 0.29) is 24.0 Å². The van der Waals surface area contributed by atoms with Crippen molar-refractivity contribution < 1.29 is 109 Å². The van der Waals surface area contributed by atoms with Gasteiger partial charge in [0.15, 0.2) is 16.6 Å². The third-order valence-electron chi connectivity index (χ3n) is 15.3. The number of rotatable bonds is 42. The Morgan fingerprint density at radius 1 is 0.432 bits per heavy atom. The van der Waals surface area contributed by atoms with Crippen molar-refractivity contribution in [1.29, 1.82) is 0 Å². The Kier molecular flexibility index (Phi) is 34.4. The summed E-state index contributed by atoms with van der Waals surface area (Å²) in [5.41, 5.74) is -5.45. The van der Waals surface area contributed by atoms with Gasteiger partial charge in [-0.15, -0.1) is 0 Å². The van der Waals surface area contributed by atoms with Crippen molar-refractivity contribution >= 4 is 76.8 Å². The molecule has 6 atom stereocenters. The van der Waals surface area contributed by atoms with Gasteiger partial charge in [-0.2, -0.15) is 0 Å². The molecule has 0 aromatic carbocycles. The zero-order valence-electron chi connectivity index (χ0n) is 58.0. The van der Waals surface area contributed by atoms with Crippen LogP contribution in [0.5, 0.6) is 0 Å². The summed E-state index contributed by atoms with van der Waals surface area (Å²) in [4.78, 5) is 126. The molecule has 4 amide bonds. The van der Waals surface area contributed by atoms with E-state index >= 15 is 0 Å². The Bertz CT molecular complexity index is 2560. The summed E-state index contributed by atoms with van der Waals surface area (Å²) in [5, 5.41) is 11.7. The van der Waals surface area contributed by atoms with Crippen molar-refractivity contribution in [2.45, 2.75) is 180 Å². The highest BCUT2D eigenvalue weighted by Gasteiger charge is 2.46. The van der Waals surface area contributed by atoms with Gasteiger partial charge in [-0.25, -0.2) is 47.9 Å². The molecule has 0 bridgehead atoms. The highest BCUT2D eigenvalue weighted by atomic mass is 28.4. The number of nitrogens with one attached hydrogen (secondary N) is 4. The van der Waals surface area contributed by atoms with Crippen LogP contribution >= 0.6 is 0 Å². The molecule has 0 aromatic rings. The lowest BCUT2D eigenvalue weighted by Crippen LogP contribution is -2.58. The van der Waals surface area contributed by atoms with E-state index in [9.17, 15) is 47.9 Å². The topological polar surface area (TPSA) is 339 Å². The SMILES string of the molecule is C=CC(=O)OCC(COC(=O)C=C)(COC(=O)C=C)COC(=O)NC1CC(C)(C)CC(C)(NC(=O)OC(C)COCCC[Si](C)(C)O[Si](C)(C)CCCOCC(C)OC(=O)NC2CC(C)(C)CC(C)(NC(=O)OCC(COC(=O)C=C)(COC(=O)C=C)COC(=O)C=C)C2)C1. The van der Waals surface area contributed by atoms with Crippen LogP contribution in [0.15, 0.2) is 75.9 Å². The Hall–Kier alpha value is -7.35. The number of esters is 6. The molecule has 4 N–H and O–H groups in total. The zero-order valence-corrected chi connectivity index (χ0v) is 60.0. The second kappa shape index (κ2) is 39.0. The van der Waals surface area contributed by atoms with Crippen molar-refractivity contribution in [3.8, 4) is 0 Å². The number of carbonyl (C=O) groups is 10. The van der Waals surface area contributed by atoms with Gasteiger partial charge in [0, 0.05) is 72.8 Å². The largest absolute Gasteiger partial charge is 0.462 e. The molecule has 0 heterocycles. The fraction of sp³-hybridized carbons (Fsp3) is 0.667. The molecule has 0 aliphatic heterocycles. The predicted molar refractivity (Wildman–Crippen MR) is 355 cm³/mol. The second-order valence-corrected chi connectivity index (χ2v) is 36.8. The van der Waals surface area contributed by atoms with Gasteiger partial charge in [-0.05, 0) is 128 Å². The highest BCUT2D eigenvalue weighted by molar-refractivity contribution is 6.84. The first-order valence-corrected chi connectivity index (χ1v) is 37.9. The van der Waals surface area contributed by atoms with Crippen LogP contribution in [0.25, 0.3) is 0 Å². The third-order valence-corrected chi connectivity index (χ3v) is 22.9. The average molecular weight is 1380 g/mol. The van der Waals surface area contributed by atoms with Gasteiger partial charge in [0.05, 0.1) is 13.2 Å². The Balaban J connectivity index is 1.83. The molecule has 2 fully saturated rings. The van der Waals surface area contributed by atoms with Gasteiger partial charge in [-0.3, -0.25) is 0 Å². The predicted octanol–water partition coefficient (Wildman–Crippen LogP) is 8.93.